The lowest BCUT2D eigenvalue weighted by Crippen LogP contribution is -2.02. The number of halogens is 2. The quantitative estimate of drug-likeness (QED) is 0.704. The van der Waals surface area contributed by atoms with Gasteiger partial charge in [0.25, 0.3) is 0 Å². The van der Waals surface area contributed by atoms with Gasteiger partial charge in [-0.05, 0) is 12.1 Å². The summed E-state index contributed by atoms with van der Waals surface area (Å²) in [6.45, 7) is -0.379. The third-order valence-electron chi connectivity index (χ3n) is 2.74. The van der Waals surface area contributed by atoms with Crippen molar-refractivity contribution in [3.8, 4) is 11.4 Å². The summed E-state index contributed by atoms with van der Waals surface area (Å²) in [4.78, 5) is 8.00. The molecule has 0 bridgehead atoms. The molecule has 2 heterocycles. The van der Waals surface area contributed by atoms with Crippen molar-refractivity contribution in [2.45, 2.75) is 6.61 Å². The normalized spacial score (nSPS) is 11.2. The largest absolute Gasteiger partial charge is 0.506 e. The van der Waals surface area contributed by atoms with E-state index in [-0.39, 0.29) is 29.0 Å². The maximum absolute atomic E-state index is 13.0. The second kappa shape index (κ2) is 4.69. The number of hydrogen-bond acceptors (Lipinski definition) is 5. The Morgan fingerprint density at radius 2 is 2.10 bits per heavy atom. The molecule has 0 fully saturated rings. The minimum atomic E-state index is -0.564. The monoisotopic (exact) mass is 294 g/mol. The highest BCUT2D eigenvalue weighted by molar-refractivity contribution is 6.33. The molecule has 3 rings (SSSR count). The van der Waals surface area contributed by atoms with Crippen LogP contribution in [0.25, 0.3) is 16.7 Å². The van der Waals surface area contributed by atoms with Gasteiger partial charge < -0.3 is 10.2 Å². The molecule has 0 aliphatic rings. The fourth-order valence-corrected chi connectivity index (χ4v) is 2.07. The maximum atomic E-state index is 13.0. The van der Waals surface area contributed by atoms with Crippen molar-refractivity contribution in [1.29, 1.82) is 0 Å². The second-order valence-corrected chi connectivity index (χ2v) is 4.37. The Labute approximate surface area is 117 Å². The van der Waals surface area contributed by atoms with Gasteiger partial charge in [0.05, 0.1) is 11.6 Å². The first-order chi connectivity index (χ1) is 9.60. The number of hydrogen-bond donors (Lipinski definition) is 2. The molecule has 0 atom stereocenters. The Bertz CT molecular complexity index is 805. The highest BCUT2D eigenvalue weighted by Crippen LogP contribution is 2.27. The number of aromatic nitrogens is 4. The number of aliphatic hydroxyl groups excluding tert-OH is 1. The number of nitrogens with zero attached hydrogens (tertiary/aromatic N) is 4. The van der Waals surface area contributed by atoms with Gasteiger partial charge >= 0.3 is 0 Å². The molecule has 0 aliphatic heterocycles. The average Bonchev–Trinajstić information content (AvgIpc) is 2.83. The van der Waals surface area contributed by atoms with E-state index in [4.69, 9.17) is 16.7 Å². The van der Waals surface area contributed by atoms with Gasteiger partial charge in [0.15, 0.2) is 11.5 Å². The minimum Gasteiger partial charge on any atom is -0.506 e. The highest BCUT2D eigenvalue weighted by Gasteiger charge is 2.15. The van der Waals surface area contributed by atoms with Crippen molar-refractivity contribution in [3.63, 3.8) is 0 Å². The van der Waals surface area contributed by atoms with Crippen molar-refractivity contribution >= 4 is 22.6 Å². The molecule has 0 radical (unpaired) electrons. The van der Waals surface area contributed by atoms with Crippen LogP contribution >= 0.6 is 11.6 Å². The molecular weight excluding hydrogens is 287 g/mol. The third kappa shape index (κ3) is 1.97. The molecule has 1 aromatic carbocycles. The van der Waals surface area contributed by atoms with Crippen LogP contribution in [0.15, 0.2) is 24.4 Å². The van der Waals surface area contributed by atoms with Crippen molar-refractivity contribution in [2.24, 2.45) is 0 Å². The van der Waals surface area contributed by atoms with Crippen LogP contribution in [0.3, 0.4) is 0 Å². The van der Waals surface area contributed by atoms with Gasteiger partial charge in [0.1, 0.15) is 29.0 Å². The lowest BCUT2D eigenvalue weighted by atomic mass is 10.3. The van der Waals surface area contributed by atoms with Crippen molar-refractivity contribution < 1.29 is 14.6 Å². The molecule has 0 unspecified atom stereocenters. The molecule has 6 nitrogen and oxygen atoms in total. The summed E-state index contributed by atoms with van der Waals surface area (Å²) in [5, 5.41) is 23.6. The van der Waals surface area contributed by atoms with Crippen LogP contribution in [0.4, 0.5) is 4.39 Å². The molecule has 3 aromatic rings. The predicted molar refractivity (Wildman–Crippen MR) is 69.2 cm³/mol. The molecular formula is C12H8ClFN4O2. The minimum absolute atomic E-state index is 0.130. The van der Waals surface area contributed by atoms with E-state index >= 15 is 0 Å². The fraction of sp³-hybridized carbons (Fsp3) is 0.0833. The van der Waals surface area contributed by atoms with Gasteiger partial charge in [-0.1, -0.05) is 11.6 Å². The summed E-state index contributed by atoms with van der Waals surface area (Å²) >= 11 is 5.97. The smallest absolute Gasteiger partial charge is 0.168 e. The van der Waals surface area contributed by atoms with Gasteiger partial charge in [-0.15, -0.1) is 0 Å². The summed E-state index contributed by atoms with van der Waals surface area (Å²) in [5.41, 5.74) is 0.566. The number of phenolic OH excluding ortho intramolecular Hbond substituents is 1. The number of aliphatic hydroxyl groups is 1. The van der Waals surface area contributed by atoms with Gasteiger partial charge in [-0.2, -0.15) is 5.10 Å². The molecule has 0 saturated heterocycles. The molecule has 0 spiro atoms. The number of aromatic hydroxyl groups is 1. The molecule has 102 valence electrons. The standard InChI is InChI=1S/C12H8ClFN4O2/c13-11-7-4-15-18(12(7)17-10(5-19)16-11)8-2-1-6(14)3-9(8)20/h1-4,19-20H,5H2. The van der Waals surface area contributed by atoms with Gasteiger partial charge in [0.2, 0.25) is 0 Å². The fourth-order valence-electron chi connectivity index (χ4n) is 1.84. The van der Waals surface area contributed by atoms with E-state index in [0.717, 1.165) is 6.07 Å². The zero-order valence-corrected chi connectivity index (χ0v) is 10.7. The maximum Gasteiger partial charge on any atom is 0.168 e. The number of benzene rings is 1. The van der Waals surface area contributed by atoms with Crippen LogP contribution in [0.2, 0.25) is 5.15 Å². The zero-order valence-electron chi connectivity index (χ0n) is 9.96. The van der Waals surface area contributed by atoms with Gasteiger partial charge in [-0.25, -0.2) is 19.0 Å². The predicted octanol–water partition coefficient (Wildman–Crippen LogP) is 1.81. The SMILES string of the molecule is OCc1nc(Cl)c2cnn(-c3ccc(F)cc3O)c2n1. The Kier molecular flexibility index (Phi) is 3.00. The zero-order chi connectivity index (χ0) is 14.3. The van der Waals surface area contributed by atoms with E-state index in [1.807, 2.05) is 0 Å². The summed E-state index contributed by atoms with van der Waals surface area (Å²) < 4.78 is 14.3. The van der Waals surface area contributed by atoms with Gasteiger partial charge in [-0.3, -0.25) is 0 Å². The van der Waals surface area contributed by atoms with Crippen LogP contribution < -0.4 is 0 Å². The lowest BCUT2D eigenvalue weighted by Gasteiger charge is -2.06. The van der Waals surface area contributed by atoms with Crippen LogP contribution in [-0.2, 0) is 6.61 Å². The van der Waals surface area contributed by atoms with Crippen LogP contribution in [0.5, 0.6) is 5.75 Å². The Morgan fingerprint density at radius 1 is 1.30 bits per heavy atom. The Balaban J connectivity index is 2.28. The molecule has 2 N–H and O–H groups in total. The van der Waals surface area contributed by atoms with Crippen molar-refractivity contribution in [1.82, 2.24) is 19.7 Å². The summed E-state index contributed by atoms with van der Waals surface area (Å²) in [7, 11) is 0. The number of fused-ring (bicyclic) bond motifs is 1. The van der Waals surface area contributed by atoms with E-state index in [9.17, 15) is 9.50 Å². The van der Waals surface area contributed by atoms with Crippen molar-refractivity contribution in [2.75, 3.05) is 0 Å². The Hall–Kier alpha value is -2.25. The van der Waals surface area contributed by atoms with E-state index in [2.05, 4.69) is 15.1 Å². The van der Waals surface area contributed by atoms with Gasteiger partial charge in [0, 0.05) is 6.07 Å². The van der Waals surface area contributed by atoms with Crippen molar-refractivity contribution in [3.05, 3.63) is 41.2 Å². The summed E-state index contributed by atoms with van der Waals surface area (Å²) in [5.74, 6) is -0.715. The lowest BCUT2D eigenvalue weighted by molar-refractivity contribution is 0.271. The highest BCUT2D eigenvalue weighted by atomic mass is 35.5. The summed E-state index contributed by atoms with van der Waals surface area (Å²) in [6, 6.07) is 3.53. The molecule has 0 amide bonds. The molecule has 20 heavy (non-hydrogen) atoms. The molecule has 8 heteroatoms. The van der Waals surface area contributed by atoms with E-state index < -0.39 is 5.82 Å². The van der Waals surface area contributed by atoms with Crippen LogP contribution in [0.1, 0.15) is 5.82 Å². The topological polar surface area (TPSA) is 84.1 Å². The van der Waals surface area contributed by atoms with E-state index in [1.54, 1.807) is 0 Å². The second-order valence-electron chi connectivity index (χ2n) is 4.02. The van der Waals surface area contributed by atoms with E-state index in [0.29, 0.717) is 11.0 Å². The first kappa shape index (κ1) is 12.8. The van der Waals surface area contributed by atoms with Crippen LogP contribution in [0, 0.1) is 5.82 Å². The Morgan fingerprint density at radius 3 is 2.80 bits per heavy atom. The third-order valence-corrected chi connectivity index (χ3v) is 3.02. The molecule has 0 aliphatic carbocycles. The molecule has 0 saturated carbocycles. The van der Waals surface area contributed by atoms with E-state index in [1.165, 1.54) is 23.0 Å². The molecule has 2 aromatic heterocycles. The summed E-state index contributed by atoms with van der Waals surface area (Å²) in [6.07, 6.45) is 1.43. The van der Waals surface area contributed by atoms with Crippen LogP contribution in [-0.4, -0.2) is 30.0 Å². The average molecular weight is 295 g/mol. The number of phenols is 1. The first-order valence-corrected chi connectivity index (χ1v) is 5.98. The number of rotatable bonds is 2. The first-order valence-electron chi connectivity index (χ1n) is 5.60.